The summed E-state index contributed by atoms with van der Waals surface area (Å²) in [7, 11) is 1.60. The Bertz CT molecular complexity index is 1360. The van der Waals surface area contributed by atoms with Gasteiger partial charge in [0, 0.05) is 0 Å². The van der Waals surface area contributed by atoms with E-state index in [0.717, 1.165) is 10.9 Å². The molecule has 1 heterocycles. The van der Waals surface area contributed by atoms with Crippen molar-refractivity contribution in [1.82, 2.24) is 9.78 Å². The average Bonchev–Trinajstić information content (AvgIpc) is 2.89. The number of aromatic nitrogens is 2. The maximum absolute atomic E-state index is 13.2. The van der Waals surface area contributed by atoms with Gasteiger partial charge in [-0.2, -0.15) is 5.10 Å². The fraction of sp³-hybridized carbons (Fsp3) is 0.286. The number of hydrogen-bond donors (Lipinski definition) is 0. The number of ether oxygens (including phenoxy) is 2. The van der Waals surface area contributed by atoms with Crippen molar-refractivity contribution in [2.75, 3.05) is 7.11 Å². The molecule has 34 heavy (non-hydrogen) atoms. The summed E-state index contributed by atoms with van der Waals surface area (Å²) in [6, 6.07) is 19.8. The fourth-order valence-electron chi connectivity index (χ4n) is 4.87. The van der Waals surface area contributed by atoms with Crippen molar-refractivity contribution in [3.05, 3.63) is 93.4 Å². The summed E-state index contributed by atoms with van der Waals surface area (Å²) in [6.45, 7) is 0.334. The van der Waals surface area contributed by atoms with Crippen LogP contribution in [-0.2, 0) is 6.54 Å². The standard InChI is InChI=1S/C28H27ClN2O3/c1-33-21-12-14-22(15-13-21)34-27-26(29)17-30-31(28(27)32)18-20-11-16-24(19-7-3-2-4-8-19)25-10-6-5-9-23(20)25/h5-6,9-17,19H,2-4,7-8,18H2,1H3. The zero-order valence-electron chi connectivity index (χ0n) is 19.2. The molecule has 1 aliphatic carbocycles. The molecule has 0 bridgehead atoms. The smallest absolute Gasteiger partial charge is 0.311 e. The highest BCUT2D eigenvalue weighted by molar-refractivity contribution is 6.31. The monoisotopic (exact) mass is 474 g/mol. The Morgan fingerprint density at radius 3 is 2.38 bits per heavy atom. The molecule has 5 nitrogen and oxygen atoms in total. The SMILES string of the molecule is COc1ccc(Oc2c(Cl)cnn(Cc3ccc(C4CCCCC4)c4ccccc34)c2=O)cc1. The van der Waals surface area contributed by atoms with Gasteiger partial charge < -0.3 is 9.47 Å². The largest absolute Gasteiger partial charge is 0.497 e. The second kappa shape index (κ2) is 9.90. The molecular formula is C28H27ClN2O3. The molecular weight excluding hydrogens is 448 g/mol. The zero-order valence-corrected chi connectivity index (χ0v) is 19.9. The normalized spacial score (nSPS) is 14.3. The van der Waals surface area contributed by atoms with Gasteiger partial charge in [-0.15, -0.1) is 0 Å². The Morgan fingerprint density at radius 1 is 0.941 bits per heavy atom. The maximum Gasteiger partial charge on any atom is 0.311 e. The molecule has 4 aromatic rings. The molecule has 6 heteroatoms. The van der Waals surface area contributed by atoms with Crippen LogP contribution in [0.5, 0.6) is 17.2 Å². The van der Waals surface area contributed by atoms with Crippen molar-refractivity contribution >= 4 is 22.4 Å². The van der Waals surface area contributed by atoms with Gasteiger partial charge in [-0.05, 0) is 64.9 Å². The zero-order chi connectivity index (χ0) is 23.5. The highest BCUT2D eigenvalue weighted by atomic mass is 35.5. The van der Waals surface area contributed by atoms with Gasteiger partial charge >= 0.3 is 5.56 Å². The molecule has 0 aliphatic heterocycles. The molecule has 0 amide bonds. The van der Waals surface area contributed by atoms with E-state index in [9.17, 15) is 4.79 Å². The third kappa shape index (κ3) is 4.53. The van der Waals surface area contributed by atoms with Crippen LogP contribution in [0.1, 0.15) is 49.1 Å². The lowest BCUT2D eigenvalue weighted by molar-refractivity contribution is 0.412. The third-order valence-electron chi connectivity index (χ3n) is 6.65. The van der Waals surface area contributed by atoms with Crippen molar-refractivity contribution in [2.24, 2.45) is 0 Å². The van der Waals surface area contributed by atoms with Gasteiger partial charge in [-0.1, -0.05) is 67.3 Å². The molecule has 0 unspecified atom stereocenters. The Hall–Kier alpha value is -3.31. The molecule has 5 rings (SSSR count). The summed E-state index contributed by atoms with van der Waals surface area (Å²) in [4.78, 5) is 13.2. The number of hydrogen-bond acceptors (Lipinski definition) is 4. The lowest BCUT2D eigenvalue weighted by atomic mass is 9.81. The van der Waals surface area contributed by atoms with Crippen molar-refractivity contribution in [2.45, 2.75) is 44.6 Å². The maximum atomic E-state index is 13.2. The highest BCUT2D eigenvalue weighted by Gasteiger charge is 2.19. The topological polar surface area (TPSA) is 53.4 Å². The minimum atomic E-state index is -0.372. The van der Waals surface area contributed by atoms with Gasteiger partial charge in [-0.3, -0.25) is 4.79 Å². The van der Waals surface area contributed by atoms with E-state index < -0.39 is 0 Å². The molecule has 1 aliphatic rings. The lowest BCUT2D eigenvalue weighted by Crippen LogP contribution is -2.24. The number of halogens is 1. The Balaban J connectivity index is 1.48. The number of methoxy groups -OCH3 is 1. The van der Waals surface area contributed by atoms with Gasteiger partial charge in [0.1, 0.15) is 16.5 Å². The predicted octanol–water partition coefficient (Wildman–Crippen LogP) is 6.95. The second-order valence-electron chi connectivity index (χ2n) is 8.76. The van der Waals surface area contributed by atoms with Crippen LogP contribution < -0.4 is 15.0 Å². The van der Waals surface area contributed by atoms with Crippen LogP contribution in [0.15, 0.2) is 71.7 Å². The van der Waals surface area contributed by atoms with Crippen LogP contribution in [0.3, 0.4) is 0 Å². The second-order valence-corrected chi connectivity index (χ2v) is 9.16. The first-order valence-corrected chi connectivity index (χ1v) is 12.1. The molecule has 0 radical (unpaired) electrons. The molecule has 0 spiro atoms. The summed E-state index contributed by atoms with van der Waals surface area (Å²) in [5.41, 5.74) is 2.09. The minimum absolute atomic E-state index is 0.0602. The number of fused-ring (bicyclic) bond motifs is 1. The molecule has 0 atom stereocenters. The van der Waals surface area contributed by atoms with Gasteiger partial charge in [0.2, 0.25) is 5.75 Å². The number of rotatable bonds is 6. The molecule has 0 saturated heterocycles. The number of benzene rings is 3. The van der Waals surface area contributed by atoms with Crippen molar-refractivity contribution in [1.29, 1.82) is 0 Å². The van der Waals surface area contributed by atoms with Crippen LogP contribution in [0.25, 0.3) is 10.8 Å². The number of nitrogens with zero attached hydrogens (tertiary/aromatic N) is 2. The summed E-state index contributed by atoms with van der Waals surface area (Å²) in [6.07, 6.45) is 7.86. The van der Waals surface area contributed by atoms with Gasteiger partial charge in [0.15, 0.2) is 0 Å². The first-order valence-electron chi connectivity index (χ1n) is 11.7. The van der Waals surface area contributed by atoms with E-state index in [1.807, 2.05) is 6.07 Å². The lowest BCUT2D eigenvalue weighted by Gasteiger charge is -2.24. The first-order chi connectivity index (χ1) is 16.6. The van der Waals surface area contributed by atoms with Gasteiger partial charge in [-0.25, -0.2) is 4.68 Å². The van der Waals surface area contributed by atoms with Crippen LogP contribution in [-0.4, -0.2) is 16.9 Å². The van der Waals surface area contributed by atoms with E-state index in [1.165, 1.54) is 53.9 Å². The summed E-state index contributed by atoms with van der Waals surface area (Å²) in [5, 5.41) is 6.90. The summed E-state index contributed by atoms with van der Waals surface area (Å²) in [5.74, 6) is 1.87. The van der Waals surface area contributed by atoms with E-state index in [1.54, 1.807) is 31.4 Å². The highest BCUT2D eigenvalue weighted by Crippen LogP contribution is 2.37. The first kappa shape index (κ1) is 22.5. The Labute approximate surface area is 203 Å². The molecule has 174 valence electrons. The predicted molar refractivity (Wildman–Crippen MR) is 135 cm³/mol. The summed E-state index contributed by atoms with van der Waals surface area (Å²) >= 11 is 6.29. The van der Waals surface area contributed by atoms with Crippen molar-refractivity contribution in [3.8, 4) is 17.2 Å². The quantitative estimate of drug-likeness (QED) is 0.303. The molecule has 1 saturated carbocycles. The van der Waals surface area contributed by atoms with Crippen LogP contribution in [0, 0.1) is 0 Å². The minimum Gasteiger partial charge on any atom is -0.497 e. The fourth-order valence-corrected chi connectivity index (χ4v) is 5.03. The van der Waals surface area contributed by atoms with E-state index in [2.05, 4.69) is 35.4 Å². The van der Waals surface area contributed by atoms with Gasteiger partial charge in [0.05, 0.1) is 19.9 Å². The molecule has 1 aromatic heterocycles. The van der Waals surface area contributed by atoms with E-state index in [0.29, 0.717) is 24.0 Å². The van der Waals surface area contributed by atoms with Crippen molar-refractivity contribution < 1.29 is 9.47 Å². The van der Waals surface area contributed by atoms with Crippen LogP contribution >= 0.6 is 11.6 Å². The van der Waals surface area contributed by atoms with Crippen LogP contribution in [0.4, 0.5) is 0 Å². The molecule has 1 fully saturated rings. The van der Waals surface area contributed by atoms with Crippen LogP contribution in [0.2, 0.25) is 5.02 Å². The summed E-state index contributed by atoms with van der Waals surface area (Å²) < 4.78 is 12.4. The van der Waals surface area contributed by atoms with Crippen molar-refractivity contribution in [3.63, 3.8) is 0 Å². The Kier molecular flexibility index (Phi) is 6.54. The average molecular weight is 475 g/mol. The van der Waals surface area contributed by atoms with E-state index in [-0.39, 0.29) is 16.3 Å². The van der Waals surface area contributed by atoms with E-state index in [4.69, 9.17) is 21.1 Å². The molecule has 3 aromatic carbocycles. The van der Waals surface area contributed by atoms with Gasteiger partial charge in [0.25, 0.3) is 0 Å². The Morgan fingerprint density at radius 2 is 1.65 bits per heavy atom. The van der Waals surface area contributed by atoms with E-state index >= 15 is 0 Å². The third-order valence-corrected chi connectivity index (χ3v) is 6.92. The molecule has 0 N–H and O–H groups in total.